The molecule has 0 unspecified atom stereocenters. The Labute approximate surface area is 153 Å². The Hall–Kier alpha value is -1.46. The molecule has 25 heavy (non-hydrogen) atoms. The molecule has 1 saturated heterocycles. The van der Waals surface area contributed by atoms with Crippen molar-refractivity contribution in [2.75, 3.05) is 13.1 Å². The van der Waals surface area contributed by atoms with E-state index >= 15 is 0 Å². The Bertz CT molecular complexity index is 775. The molecule has 134 valence electrons. The first kappa shape index (κ1) is 17.0. The SMILES string of the molecule is Cc1nc([C@H]2CCCN(Cc3ccc(C4CCCC4)s3)C2)cc(=O)[nH]1. The van der Waals surface area contributed by atoms with Crippen molar-refractivity contribution < 1.29 is 0 Å². The Morgan fingerprint density at radius 1 is 1.20 bits per heavy atom. The summed E-state index contributed by atoms with van der Waals surface area (Å²) in [5.74, 6) is 1.92. The summed E-state index contributed by atoms with van der Waals surface area (Å²) in [6.07, 6.45) is 7.85. The first-order chi connectivity index (χ1) is 12.2. The standard InChI is InChI=1S/C20H27N3OS/c1-14-21-18(11-20(24)22-14)16-7-4-10-23(12-16)13-17-8-9-19(25-17)15-5-2-3-6-15/h8-9,11,15-16H,2-7,10,12-13H2,1H3,(H,21,22,24)/t16-/m0/s1. The zero-order chi connectivity index (χ0) is 17.2. The fourth-order valence-electron chi connectivity index (χ4n) is 4.38. The van der Waals surface area contributed by atoms with Gasteiger partial charge >= 0.3 is 0 Å². The molecule has 0 bridgehead atoms. The number of rotatable bonds is 4. The topological polar surface area (TPSA) is 49.0 Å². The molecule has 3 heterocycles. The van der Waals surface area contributed by atoms with Gasteiger partial charge in [-0.3, -0.25) is 9.69 Å². The van der Waals surface area contributed by atoms with Gasteiger partial charge in [-0.2, -0.15) is 0 Å². The van der Waals surface area contributed by atoms with Crippen molar-refractivity contribution in [3.8, 4) is 0 Å². The van der Waals surface area contributed by atoms with Crippen molar-refractivity contribution in [3.63, 3.8) is 0 Å². The van der Waals surface area contributed by atoms with Crippen LogP contribution in [0.15, 0.2) is 23.0 Å². The molecular weight excluding hydrogens is 330 g/mol. The van der Waals surface area contributed by atoms with Gasteiger partial charge in [0.1, 0.15) is 5.82 Å². The van der Waals surface area contributed by atoms with Crippen molar-refractivity contribution in [2.24, 2.45) is 0 Å². The van der Waals surface area contributed by atoms with E-state index in [-0.39, 0.29) is 5.56 Å². The van der Waals surface area contributed by atoms with E-state index in [1.54, 1.807) is 10.9 Å². The lowest BCUT2D eigenvalue weighted by Crippen LogP contribution is -2.34. The predicted octanol–water partition coefficient (Wildman–Crippen LogP) is 4.18. The molecule has 0 aromatic carbocycles. The van der Waals surface area contributed by atoms with E-state index in [1.807, 2.05) is 18.3 Å². The normalized spacial score (nSPS) is 22.5. The number of aryl methyl sites for hydroxylation is 1. The molecule has 1 aliphatic heterocycles. The Balaban J connectivity index is 1.42. The minimum atomic E-state index is -0.0286. The lowest BCUT2D eigenvalue weighted by molar-refractivity contribution is 0.200. The molecule has 5 heteroatoms. The number of aromatic amines is 1. The number of hydrogen-bond donors (Lipinski definition) is 1. The van der Waals surface area contributed by atoms with E-state index < -0.39 is 0 Å². The lowest BCUT2D eigenvalue weighted by Gasteiger charge is -2.32. The summed E-state index contributed by atoms with van der Waals surface area (Å²) in [5, 5.41) is 0. The van der Waals surface area contributed by atoms with Crippen LogP contribution >= 0.6 is 11.3 Å². The molecule has 1 aliphatic carbocycles. The molecular formula is C20H27N3OS. The molecule has 1 N–H and O–H groups in total. The van der Waals surface area contributed by atoms with Gasteiger partial charge in [0.05, 0.1) is 5.69 Å². The number of aromatic nitrogens is 2. The van der Waals surface area contributed by atoms with E-state index in [4.69, 9.17) is 0 Å². The highest BCUT2D eigenvalue weighted by molar-refractivity contribution is 7.12. The monoisotopic (exact) mass is 357 g/mol. The van der Waals surface area contributed by atoms with Gasteiger partial charge in [0.25, 0.3) is 5.56 Å². The molecule has 2 aliphatic rings. The molecule has 2 aromatic rings. The Morgan fingerprint density at radius 2 is 2.00 bits per heavy atom. The molecule has 2 fully saturated rings. The number of piperidine rings is 1. The van der Waals surface area contributed by atoms with Crippen molar-refractivity contribution in [1.82, 2.24) is 14.9 Å². The lowest BCUT2D eigenvalue weighted by atomic mass is 9.94. The zero-order valence-corrected chi connectivity index (χ0v) is 15.8. The third-order valence-electron chi connectivity index (χ3n) is 5.62. The summed E-state index contributed by atoms with van der Waals surface area (Å²) in [6.45, 7) is 5.06. The van der Waals surface area contributed by atoms with Gasteiger partial charge in [0.15, 0.2) is 0 Å². The predicted molar refractivity (Wildman–Crippen MR) is 102 cm³/mol. The number of thiophene rings is 1. The zero-order valence-electron chi connectivity index (χ0n) is 15.0. The van der Waals surface area contributed by atoms with Crippen LogP contribution in [0.2, 0.25) is 0 Å². The largest absolute Gasteiger partial charge is 0.311 e. The average molecular weight is 358 g/mol. The van der Waals surface area contributed by atoms with Gasteiger partial charge in [-0.1, -0.05) is 12.8 Å². The van der Waals surface area contributed by atoms with E-state index in [9.17, 15) is 4.79 Å². The van der Waals surface area contributed by atoms with Crippen molar-refractivity contribution in [2.45, 2.75) is 63.8 Å². The minimum Gasteiger partial charge on any atom is -0.311 e. The quantitative estimate of drug-likeness (QED) is 0.893. The van der Waals surface area contributed by atoms with E-state index in [2.05, 4.69) is 27.0 Å². The third kappa shape index (κ3) is 4.04. The first-order valence-corrected chi connectivity index (χ1v) is 10.4. The molecule has 0 spiro atoms. The van der Waals surface area contributed by atoms with Crippen LogP contribution in [0.4, 0.5) is 0 Å². The van der Waals surface area contributed by atoms with Crippen LogP contribution in [0.3, 0.4) is 0 Å². The van der Waals surface area contributed by atoms with E-state index in [1.165, 1.54) is 37.0 Å². The minimum absolute atomic E-state index is 0.0286. The second kappa shape index (κ2) is 7.42. The molecule has 1 saturated carbocycles. The van der Waals surface area contributed by atoms with Crippen molar-refractivity contribution in [3.05, 3.63) is 49.8 Å². The maximum atomic E-state index is 11.7. The highest BCUT2D eigenvalue weighted by atomic mass is 32.1. The van der Waals surface area contributed by atoms with Gasteiger partial charge in [-0.15, -0.1) is 11.3 Å². The van der Waals surface area contributed by atoms with Crippen molar-refractivity contribution >= 4 is 11.3 Å². The molecule has 4 rings (SSSR count). The summed E-state index contributed by atoms with van der Waals surface area (Å²) >= 11 is 2.01. The molecule has 0 amide bonds. The summed E-state index contributed by atoms with van der Waals surface area (Å²) in [6, 6.07) is 6.38. The summed E-state index contributed by atoms with van der Waals surface area (Å²) in [5.41, 5.74) is 0.933. The maximum absolute atomic E-state index is 11.7. The van der Waals surface area contributed by atoms with E-state index in [0.717, 1.165) is 43.5 Å². The fraction of sp³-hybridized carbons (Fsp3) is 0.600. The number of H-pyrrole nitrogens is 1. The fourth-order valence-corrected chi connectivity index (χ4v) is 5.61. The number of nitrogens with one attached hydrogen (secondary N) is 1. The van der Waals surface area contributed by atoms with Gasteiger partial charge in [-0.05, 0) is 57.2 Å². The number of hydrogen-bond acceptors (Lipinski definition) is 4. The summed E-state index contributed by atoms with van der Waals surface area (Å²) in [7, 11) is 0. The van der Waals surface area contributed by atoms with Gasteiger partial charge < -0.3 is 4.98 Å². The molecule has 1 atom stereocenters. The van der Waals surface area contributed by atoms with Gasteiger partial charge in [0.2, 0.25) is 0 Å². The smallest absolute Gasteiger partial charge is 0.251 e. The number of nitrogens with zero attached hydrogens (tertiary/aromatic N) is 2. The summed E-state index contributed by atoms with van der Waals surface area (Å²) < 4.78 is 0. The third-order valence-corrected chi connectivity index (χ3v) is 6.86. The average Bonchev–Trinajstić information content (AvgIpc) is 3.25. The molecule has 4 nitrogen and oxygen atoms in total. The Kier molecular flexibility index (Phi) is 5.04. The van der Waals surface area contributed by atoms with Crippen LogP contribution in [-0.4, -0.2) is 28.0 Å². The first-order valence-electron chi connectivity index (χ1n) is 9.56. The molecule has 0 radical (unpaired) electrons. The van der Waals surface area contributed by atoms with Gasteiger partial charge in [0, 0.05) is 34.8 Å². The van der Waals surface area contributed by atoms with Crippen molar-refractivity contribution in [1.29, 1.82) is 0 Å². The Morgan fingerprint density at radius 3 is 2.80 bits per heavy atom. The van der Waals surface area contributed by atoms with Crippen LogP contribution in [-0.2, 0) is 6.54 Å². The molecule has 2 aromatic heterocycles. The van der Waals surface area contributed by atoms with Crippen LogP contribution in [0.1, 0.15) is 71.6 Å². The van der Waals surface area contributed by atoms with Crippen LogP contribution in [0, 0.1) is 6.92 Å². The second-order valence-electron chi connectivity index (χ2n) is 7.62. The maximum Gasteiger partial charge on any atom is 0.251 e. The summed E-state index contributed by atoms with van der Waals surface area (Å²) in [4.78, 5) is 24.7. The number of likely N-dealkylation sites (tertiary alicyclic amines) is 1. The van der Waals surface area contributed by atoms with Gasteiger partial charge in [-0.25, -0.2) is 4.98 Å². The van der Waals surface area contributed by atoms with E-state index in [0.29, 0.717) is 5.92 Å². The van der Waals surface area contributed by atoms with Crippen LogP contribution in [0.25, 0.3) is 0 Å². The van der Waals surface area contributed by atoms with Crippen LogP contribution < -0.4 is 5.56 Å². The second-order valence-corrected chi connectivity index (χ2v) is 8.82. The van der Waals surface area contributed by atoms with Crippen LogP contribution in [0.5, 0.6) is 0 Å². The highest BCUT2D eigenvalue weighted by Gasteiger charge is 2.24. The highest BCUT2D eigenvalue weighted by Crippen LogP contribution is 2.38.